The van der Waals surface area contributed by atoms with E-state index in [-0.39, 0.29) is 23.1 Å². The van der Waals surface area contributed by atoms with Gasteiger partial charge >= 0.3 is 0 Å². The smallest absolute Gasteiger partial charge is 0.261 e. The van der Waals surface area contributed by atoms with Crippen molar-refractivity contribution in [3.63, 3.8) is 0 Å². The van der Waals surface area contributed by atoms with Crippen molar-refractivity contribution in [1.82, 2.24) is 9.78 Å². The summed E-state index contributed by atoms with van der Waals surface area (Å²) in [6, 6.07) is 13.7. The summed E-state index contributed by atoms with van der Waals surface area (Å²) in [6.07, 6.45) is 1.40. The van der Waals surface area contributed by atoms with Crippen molar-refractivity contribution in [3.05, 3.63) is 77.0 Å². The van der Waals surface area contributed by atoms with Gasteiger partial charge in [0.25, 0.3) is 11.8 Å². The fourth-order valence-corrected chi connectivity index (χ4v) is 2.57. The highest BCUT2D eigenvalue weighted by Gasteiger charge is 2.19. The molecule has 0 saturated carbocycles. The monoisotopic (exact) mass is 376 g/mol. The molecule has 0 aliphatic rings. The van der Waals surface area contributed by atoms with E-state index in [9.17, 15) is 9.59 Å². The zero-order chi connectivity index (χ0) is 20.3. The molecule has 3 aromatic rings. The standard InChI is InChI=1S/C20H20N6O2/c1-12-3-9-15(10-4-12)24-20(28)16-11-23-26(2)18(16)25-19(27)14-7-5-13(6-8-14)17(21)22/h3-11H,1-2H3,(H3,21,22)(H,24,28)(H,25,27). The van der Waals surface area contributed by atoms with Gasteiger partial charge in [0.05, 0.1) is 6.20 Å². The molecule has 2 aromatic carbocycles. The number of amides is 2. The minimum atomic E-state index is -0.400. The van der Waals surface area contributed by atoms with Crippen LogP contribution in [0.1, 0.15) is 31.8 Å². The maximum Gasteiger partial charge on any atom is 0.261 e. The first-order valence-corrected chi connectivity index (χ1v) is 8.51. The van der Waals surface area contributed by atoms with E-state index in [2.05, 4.69) is 15.7 Å². The van der Waals surface area contributed by atoms with Gasteiger partial charge in [-0.15, -0.1) is 0 Å². The van der Waals surface area contributed by atoms with E-state index < -0.39 is 5.91 Å². The maximum atomic E-state index is 12.6. The second-order valence-electron chi connectivity index (χ2n) is 6.30. The van der Waals surface area contributed by atoms with Crippen LogP contribution in [0.25, 0.3) is 0 Å². The number of amidine groups is 1. The Morgan fingerprint density at radius 2 is 1.57 bits per heavy atom. The summed E-state index contributed by atoms with van der Waals surface area (Å²) in [7, 11) is 1.64. The minimum absolute atomic E-state index is 0.0753. The summed E-state index contributed by atoms with van der Waals surface area (Å²) in [4.78, 5) is 25.2. The van der Waals surface area contributed by atoms with Crippen molar-refractivity contribution in [2.24, 2.45) is 12.8 Å². The van der Waals surface area contributed by atoms with Gasteiger partial charge in [-0.25, -0.2) is 0 Å². The van der Waals surface area contributed by atoms with Gasteiger partial charge in [-0.05, 0) is 31.2 Å². The number of hydrogen-bond donors (Lipinski definition) is 4. The van der Waals surface area contributed by atoms with Crippen LogP contribution in [0, 0.1) is 12.3 Å². The van der Waals surface area contributed by atoms with Crippen molar-refractivity contribution in [3.8, 4) is 0 Å². The van der Waals surface area contributed by atoms with E-state index in [0.717, 1.165) is 5.56 Å². The Hall–Kier alpha value is -3.94. The van der Waals surface area contributed by atoms with Crippen LogP contribution < -0.4 is 16.4 Å². The van der Waals surface area contributed by atoms with Crippen molar-refractivity contribution < 1.29 is 9.59 Å². The van der Waals surface area contributed by atoms with Crippen molar-refractivity contribution in [2.75, 3.05) is 10.6 Å². The Kier molecular flexibility index (Phi) is 5.21. The molecule has 3 rings (SSSR count). The number of aryl methyl sites for hydroxylation is 2. The first-order chi connectivity index (χ1) is 13.3. The van der Waals surface area contributed by atoms with Crippen LogP contribution in [-0.2, 0) is 7.05 Å². The van der Waals surface area contributed by atoms with E-state index in [4.69, 9.17) is 11.1 Å². The average Bonchev–Trinajstić information content (AvgIpc) is 3.04. The van der Waals surface area contributed by atoms with Crippen LogP contribution in [0.2, 0.25) is 0 Å². The lowest BCUT2D eigenvalue weighted by Crippen LogP contribution is -2.19. The number of aromatic nitrogens is 2. The lowest BCUT2D eigenvalue weighted by atomic mass is 10.1. The number of benzene rings is 2. The van der Waals surface area contributed by atoms with Gasteiger partial charge in [0.2, 0.25) is 0 Å². The highest BCUT2D eigenvalue weighted by molar-refractivity contribution is 6.12. The Morgan fingerprint density at radius 3 is 2.18 bits per heavy atom. The summed E-state index contributed by atoms with van der Waals surface area (Å²) in [6.45, 7) is 1.96. The first kappa shape index (κ1) is 18.8. The lowest BCUT2D eigenvalue weighted by Gasteiger charge is -2.10. The molecule has 0 spiro atoms. The predicted octanol–water partition coefficient (Wildman–Crippen LogP) is 2.52. The normalized spacial score (nSPS) is 10.4. The summed E-state index contributed by atoms with van der Waals surface area (Å²) >= 11 is 0. The van der Waals surface area contributed by atoms with E-state index in [1.54, 1.807) is 43.4 Å². The average molecular weight is 376 g/mol. The van der Waals surface area contributed by atoms with Gasteiger partial charge in [0.15, 0.2) is 0 Å². The molecule has 0 aliphatic carbocycles. The minimum Gasteiger partial charge on any atom is -0.384 e. The molecule has 8 heteroatoms. The van der Waals surface area contributed by atoms with Gasteiger partial charge in [0.1, 0.15) is 17.2 Å². The van der Waals surface area contributed by atoms with Gasteiger partial charge in [0, 0.05) is 23.9 Å². The highest BCUT2D eigenvalue weighted by atomic mass is 16.2. The summed E-state index contributed by atoms with van der Waals surface area (Å²) in [5.74, 6) is -0.568. The van der Waals surface area contributed by atoms with Crippen LogP contribution in [0.15, 0.2) is 54.7 Å². The molecule has 28 heavy (non-hydrogen) atoms. The van der Waals surface area contributed by atoms with Crippen molar-refractivity contribution in [1.29, 1.82) is 5.41 Å². The van der Waals surface area contributed by atoms with Gasteiger partial charge < -0.3 is 16.4 Å². The first-order valence-electron chi connectivity index (χ1n) is 8.51. The molecule has 5 N–H and O–H groups in total. The number of hydrogen-bond acceptors (Lipinski definition) is 4. The third-order valence-corrected chi connectivity index (χ3v) is 4.18. The van der Waals surface area contributed by atoms with E-state index in [0.29, 0.717) is 16.8 Å². The lowest BCUT2D eigenvalue weighted by molar-refractivity contribution is 0.102. The zero-order valence-corrected chi connectivity index (χ0v) is 15.5. The number of carbonyl (C=O) groups excluding carboxylic acids is 2. The highest BCUT2D eigenvalue weighted by Crippen LogP contribution is 2.18. The van der Waals surface area contributed by atoms with Crippen molar-refractivity contribution in [2.45, 2.75) is 6.92 Å². The van der Waals surface area contributed by atoms with Crippen LogP contribution in [0.5, 0.6) is 0 Å². The molecule has 0 atom stereocenters. The molecule has 2 amide bonds. The predicted molar refractivity (Wildman–Crippen MR) is 108 cm³/mol. The molecule has 0 bridgehead atoms. The number of carbonyl (C=O) groups is 2. The molecule has 0 fully saturated rings. The third-order valence-electron chi connectivity index (χ3n) is 4.18. The number of nitrogen functional groups attached to an aromatic ring is 1. The Morgan fingerprint density at radius 1 is 0.964 bits per heavy atom. The molecule has 0 radical (unpaired) electrons. The molecular formula is C20H20N6O2. The number of nitrogens with one attached hydrogen (secondary N) is 3. The van der Waals surface area contributed by atoms with Crippen LogP contribution >= 0.6 is 0 Å². The number of rotatable bonds is 5. The van der Waals surface area contributed by atoms with E-state index in [1.165, 1.54) is 10.9 Å². The van der Waals surface area contributed by atoms with Crippen LogP contribution in [0.3, 0.4) is 0 Å². The molecule has 1 heterocycles. The summed E-state index contributed by atoms with van der Waals surface area (Å²) in [5.41, 5.74) is 8.30. The van der Waals surface area contributed by atoms with Crippen LogP contribution in [0.4, 0.5) is 11.5 Å². The SMILES string of the molecule is Cc1ccc(NC(=O)c2cnn(C)c2NC(=O)c2ccc(C(=N)N)cc2)cc1. The topological polar surface area (TPSA) is 126 Å². The largest absolute Gasteiger partial charge is 0.384 e. The Bertz CT molecular complexity index is 1040. The molecule has 0 unspecified atom stereocenters. The Balaban J connectivity index is 1.78. The molecular weight excluding hydrogens is 356 g/mol. The fourth-order valence-electron chi connectivity index (χ4n) is 2.57. The fraction of sp³-hybridized carbons (Fsp3) is 0.100. The molecule has 0 saturated heterocycles. The Labute approximate surface area is 161 Å². The van der Waals surface area contributed by atoms with Crippen LogP contribution in [-0.4, -0.2) is 27.4 Å². The maximum absolute atomic E-state index is 12.6. The van der Waals surface area contributed by atoms with E-state index >= 15 is 0 Å². The third kappa shape index (κ3) is 4.07. The second-order valence-corrected chi connectivity index (χ2v) is 6.30. The second kappa shape index (κ2) is 7.75. The van der Waals surface area contributed by atoms with Crippen molar-refractivity contribution >= 4 is 29.2 Å². The summed E-state index contributed by atoms with van der Waals surface area (Å²) < 4.78 is 1.42. The summed E-state index contributed by atoms with van der Waals surface area (Å²) in [5, 5.41) is 17.0. The number of nitrogens with two attached hydrogens (primary N) is 1. The molecule has 0 aliphatic heterocycles. The molecule has 142 valence electrons. The zero-order valence-electron chi connectivity index (χ0n) is 15.5. The quantitative estimate of drug-likeness (QED) is 0.403. The number of anilines is 2. The number of nitrogens with zero attached hydrogens (tertiary/aromatic N) is 2. The van der Waals surface area contributed by atoms with Gasteiger partial charge in [-0.1, -0.05) is 29.8 Å². The van der Waals surface area contributed by atoms with Gasteiger partial charge in [-0.3, -0.25) is 19.7 Å². The van der Waals surface area contributed by atoms with E-state index in [1.807, 2.05) is 19.1 Å². The molecule has 1 aromatic heterocycles. The van der Waals surface area contributed by atoms with Gasteiger partial charge in [-0.2, -0.15) is 5.10 Å². The molecule has 8 nitrogen and oxygen atoms in total.